The number of nitrogens with one attached hydrogen (secondary N) is 1. The van der Waals surface area contributed by atoms with E-state index in [-0.39, 0.29) is 11.9 Å². The zero-order chi connectivity index (χ0) is 9.26. The summed E-state index contributed by atoms with van der Waals surface area (Å²) in [4.78, 5) is 11.3. The summed E-state index contributed by atoms with van der Waals surface area (Å²) in [5, 5.41) is 3.32. The van der Waals surface area contributed by atoms with Gasteiger partial charge in [0.2, 0.25) is 0 Å². The van der Waals surface area contributed by atoms with Crippen LogP contribution in [0.15, 0.2) is 0 Å². The molecular formula is C10H17NO2. The van der Waals surface area contributed by atoms with E-state index in [4.69, 9.17) is 4.74 Å². The first-order valence-corrected chi connectivity index (χ1v) is 5.10. The van der Waals surface area contributed by atoms with E-state index in [1.165, 1.54) is 20.0 Å². The van der Waals surface area contributed by atoms with Gasteiger partial charge in [0, 0.05) is 6.54 Å². The number of hydrogen-bond acceptors (Lipinski definition) is 3. The largest absolute Gasteiger partial charge is 0.469 e. The zero-order valence-corrected chi connectivity index (χ0v) is 8.08. The molecule has 0 amide bonds. The Hall–Kier alpha value is -0.570. The predicted molar refractivity (Wildman–Crippen MR) is 49.2 cm³/mol. The highest BCUT2D eigenvalue weighted by Crippen LogP contribution is 2.40. The molecule has 0 aromatic rings. The number of piperidine rings is 1. The fourth-order valence-corrected chi connectivity index (χ4v) is 2.25. The van der Waals surface area contributed by atoms with Gasteiger partial charge in [0.15, 0.2) is 0 Å². The van der Waals surface area contributed by atoms with Crippen molar-refractivity contribution in [3.05, 3.63) is 0 Å². The second kappa shape index (κ2) is 3.66. The van der Waals surface area contributed by atoms with Gasteiger partial charge in [-0.25, -0.2) is 0 Å². The molecule has 3 nitrogen and oxygen atoms in total. The minimum absolute atomic E-state index is 0.0437. The highest BCUT2D eigenvalue weighted by atomic mass is 16.5. The van der Waals surface area contributed by atoms with E-state index in [1.807, 2.05) is 0 Å². The van der Waals surface area contributed by atoms with E-state index in [9.17, 15) is 4.79 Å². The topological polar surface area (TPSA) is 38.3 Å². The molecule has 1 aliphatic heterocycles. The molecule has 0 spiro atoms. The molecule has 2 unspecified atom stereocenters. The molecule has 1 heterocycles. The fourth-order valence-electron chi connectivity index (χ4n) is 2.25. The van der Waals surface area contributed by atoms with Crippen LogP contribution >= 0.6 is 0 Å². The third-order valence-electron chi connectivity index (χ3n) is 3.21. The Labute approximate surface area is 78.8 Å². The van der Waals surface area contributed by atoms with Crippen molar-refractivity contribution in [2.45, 2.75) is 19.3 Å². The van der Waals surface area contributed by atoms with Crippen LogP contribution in [0.4, 0.5) is 0 Å². The van der Waals surface area contributed by atoms with Crippen LogP contribution in [-0.2, 0) is 9.53 Å². The zero-order valence-electron chi connectivity index (χ0n) is 8.08. The van der Waals surface area contributed by atoms with Gasteiger partial charge in [-0.3, -0.25) is 4.79 Å². The minimum Gasteiger partial charge on any atom is -0.469 e. The van der Waals surface area contributed by atoms with Gasteiger partial charge in [0.25, 0.3) is 0 Å². The Morgan fingerprint density at radius 1 is 1.31 bits per heavy atom. The van der Waals surface area contributed by atoms with Gasteiger partial charge in [-0.15, -0.1) is 0 Å². The molecular weight excluding hydrogens is 166 g/mol. The summed E-state index contributed by atoms with van der Waals surface area (Å²) in [6.07, 6.45) is 3.75. The lowest BCUT2D eigenvalue weighted by molar-refractivity contribution is -0.146. The standard InChI is InChI=1S/C10H17NO2/c1-13-10(12)9-4-8(5-11-6-9)7-2-3-7/h7-9,11H,2-6H2,1H3. The Kier molecular flexibility index (Phi) is 2.54. The van der Waals surface area contributed by atoms with Crippen LogP contribution in [0.25, 0.3) is 0 Å². The molecule has 2 atom stereocenters. The molecule has 13 heavy (non-hydrogen) atoms. The summed E-state index contributed by atoms with van der Waals surface area (Å²) in [7, 11) is 1.48. The Bertz CT molecular complexity index is 201. The summed E-state index contributed by atoms with van der Waals surface area (Å²) in [5.41, 5.74) is 0. The number of esters is 1. The first-order chi connectivity index (χ1) is 6.31. The number of methoxy groups -OCH3 is 1. The van der Waals surface area contributed by atoms with Gasteiger partial charge in [-0.05, 0) is 37.6 Å². The minimum atomic E-state index is -0.0437. The van der Waals surface area contributed by atoms with Crippen molar-refractivity contribution in [2.75, 3.05) is 20.2 Å². The molecule has 0 radical (unpaired) electrons. The Morgan fingerprint density at radius 2 is 2.08 bits per heavy atom. The van der Waals surface area contributed by atoms with Gasteiger partial charge < -0.3 is 10.1 Å². The summed E-state index contributed by atoms with van der Waals surface area (Å²) < 4.78 is 4.76. The SMILES string of the molecule is COC(=O)C1CNCC(C2CC2)C1. The van der Waals surface area contributed by atoms with Crippen molar-refractivity contribution in [2.24, 2.45) is 17.8 Å². The maximum absolute atomic E-state index is 11.3. The maximum atomic E-state index is 11.3. The molecule has 0 aromatic heterocycles. The fraction of sp³-hybridized carbons (Fsp3) is 0.900. The summed E-state index contributed by atoms with van der Waals surface area (Å²) >= 11 is 0. The highest BCUT2D eigenvalue weighted by Gasteiger charge is 2.36. The molecule has 2 fully saturated rings. The van der Waals surface area contributed by atoms with Crippen LogP contribution in [0, 0.1) is 17.8 Å². The van der Waals surface area contributed by atoms with Crippen molar-refractivity contribution in [1.82, 2.24) is 5.32 Å². The van der Waals surface area contributed by atoms with E-state index in [0.29, 0.717) is 0 Å². The normalized spacial score (nSPS) is 34.2. The first kappa shape index (κ1) is 9.00. The van der Waals surface area contributed by atoms with Crippen LogP contribution < -0.4 is 5.32 Å². The summed E-state index contributed by atoms with van der Waals surface area (Å²) in [6, 6.07) is 0. The summed E-state index contributed by atoms with van der Waals surface area (Å²) in [6.45, 7) is 1.90. The maximum Gasteiger partial charge on any atom is 0.309 e. The van der Waals surface area contributed by atoms with Gasteiger partial charge >= 0.3 is 5.97 Å². The molecule has 3 heteroatoms. The van der Waals surface area contributed by atoms with Crippen molar-refractivity contribution < 1.29 is 9.53 Å². The molecule has 1 N–H and O–H groups in total. The average Bonchev–Trinajstić information content (AvgIpc) is 3.00. The molecule has 0 aromatic carbocycles. The van der Waals surface area contributed by atoms with E-state index in [1.54, 1.807) is 0 Å². The summed E-state index contributed by atoms with van der Waals surface area (Å²) in [5.74, 6) is 1.67. The van der Waals surface area contributed by atoms with Crippen LogP contribution in [0.2, 0.25) is 0 Å². The number of carbonyl (C=O) groups is 1. The number of rotatable bonds is 2. The van der Waals surface area contributed by atoms with Crippen LogP contribution in [-0.4, -0.2) is 26.2 Å². The van der Waals surface area contributed by atoms with E-state index < -0.39 is 0 Å². The van der Waals surface area contributed by atoms with Crippen LogP contribution in [0.3, 0.4) is 0 Å². The second-order valence-electron chi connectivity index (χ2n) is 4.21. The smallest absolute Gasteiger partial charge is 0.309 e. The Balaban J connectivity index is 1.87. The van der Waals surface area contributed by atoms with Crippen molar-refractivity contribution >= 4 is 5.97 Å². The van der Waals surface area contributed by atoms with Gasteiger partial charge in [0.1, 0.15) is 0 Å². The number of hydrogen-bond donors (Lipinski definition) is 1. The van der Waals surface area contributed by atoms with Crippen molar-refractivity contribution in [1.29, 1.82) is 0 Å². The van der Waals surface area contributed by atoms with Gasteiger partial charge in [0.05, 0.1) is 13.0 Å². The van der Waals surface area contributed by atoms with Crippen molar-refractivity contribution in [3.8, 4) is 0 Å². The lowest BCUT2D eigenvalue weighted by atomic mass is 9.87. The lowest BCUT2D eigenvalue weighted by Gasteiger charge is -2.28. The van der Waals surface area contributed by atoms with Crippen LogP contribution in [0.1, 0.15) is 19.3 Å². The molecule has 2 aliphatic rings. The Morgan fingerprint density at radius 3 is 2.69 bits per heavy atom. The van der Waals surface area contributed by atoms with Gasteiger partial charge in [-0.1, -0.05) is 0 Å². The molecule has 1 aliphatic carbocycles. The molecule has 1 saturated heterocycles. The molecule has 1 saturated carbocycles. The number of carbonyl (C=O) groups excluding carboxylic acids is 1. The van der Waals surface area contributed by atoms with E-state index in [2.05, 4.69) is 5.32 Å². The van der Waals surface area contributed by atoms with E-state index in [0.717, 1.165) is 31.3 Å². The molecule has 2 rings (SSSR count). The predicted octanol–water partition coefficient (Wildman–Crippen LogP) is 0.795. The number of ether oxygens (including phenoxy) is 1. The van der Waals surface area contributed by atoms with Crippen molar-refractivity contribution in [3.63, 3.8) is 0 Å². The second-order valence-corrected chi connectivity index (χ2v) is 4.21. The first-order valence-electron chi connectivity index (χ1n) is 5.10. The monoisotopic (exact) mass is 183 g/mol. The lowest BCUT2D eigenvalue weighted by Crippen LogP contribution is -2.40. The third-order valence-corrected chi connectivity index (χ3v) is 3.21. The third kappa shape index (κ3) is 2.02. The van der Waals surface area contributed by atoms with E-state index >= 15 is 0 Å². The quantitative estimate of drug-likeness (QED) is 0.643. The molecule has 0 bridgehead atoms. The molecule has 74 valence electrons. The highest BCUT2D eigenvalue weighted by molar-refractivity contribution is 5.72. The average molecular weight is 183 g/mol. The van der Waals surface area contributed by atoms with Crippen LogP contribution in [0.5, 0.6) is 0 Å². The van der Waals surface area contributed by atoms with Gasteiger partial charge in [-0.2, -0.15) is 0 Å².